The second-order valence-electron chi connectivity index (χ2n) is 6.86. The van der Waals surface area contributed by atoms with Crippen LogP contribution < -0.4 is 10.6 Å². The Hall–Kier alpha value is -3.36. The molecule has 6 nitrogen and oxygen atoms in total. The number of carbonyl (C=O) groups is 1. The van der Waals surface area contributed by atoms with Gasteiger partial charge in [-0.25, -0.2) is 17.6 Å². The second-order valence-corrected chi connectivity index (χ2v) is 9.19. The molecule has 31 heavy (non-hydrogen) atoms. The van der Waals surface area contributed by atoms with Crippen LogP contribution in [0.15, 0.2) is 82.6 Å². The van der Waals surface area contributed by atoms with Crippen LogP contribution in [0.2, 0.25) is 5.02 Å². The Labute approximate surface area is 183 Å². The summed E-state index contributed by atoms with van der Waals surface area (Å²) in [4.78, 5) is 16.3. The number of H-pyrrole nitrogens is 1. The lowest BCUT2D eigenvalue weighted by Gasteiger charge is -2.21. The summed E-state index contributed by atoms with van der Waals surface area (Å²) in [7, 11) is -4.06. The van der Waals surface area contributed by atoms with Gasteiger partial charge in [0, 0.05) is 15.9 Å². The van der Waals surface area contributed by atoms with Gasteiger partial charge in [-0.1, -0.05) is 41.9 Å². The van der Waals surface area contributed by atoms with E-state index in [0.717, 1.165) is 4.90 Å². The molecular weight excluding hydrogens is 441 g/mol. The van der Waals surface area contributed by atoms with E-state index in [1.807, 2.05) is 0 Å². The fourth-order valence-electron chi connectivity index (χ4n) is 3.39. The Morgan fingerprint density at radius 1 is 1.03 bits per heavy atom. The minimum atomic E-state index is -4.06. The highest BCUT2D eigenvalue weighted by Gasteiger charge is 2.31. The third-order valence-corrected chi connectivity index (χ3v) is 6.86. The Bertz CT molecular complexity index is 1390. The van der Waals surface area contributed by atoms with Crippen molar-refractivity contribution in [3.05, 3.63) is 89.2 Å². The molecule has 0 spiro atoms. The molecule has 0 fully saturated rings. The maximum Gasteiger partial charge on any atom is 0.320 e. The zero-order chi connectivity index (χ0) is 22.2. The van der Waals surface area contributed by atoms with Crippen LogP contribution in [0.5, 0.6) is 0 Å². The molecule has 3 N–H and O–H groups in total. The first kappa shape index (κ1) is 20.9. The van der Waals surface area contributed by atoms with Crippen LogP contribution in [0.1, 0.15) is 5.56 Å². The number of hydrogen-bond acceptors (Lipinski definition) is 3. The van der Waals surface area contributed by atoms with E-state index in [1.165, 1.54) is 36.4 Å². The number of primary amides is 1. The van der Waals surface area contributed by atoms with Gasteiger partial charge in [-0.05, 0) is 48.0 Å². The number of nitrogens with zero attached hydrogens (tertiary/aromatic N) is 1. The van der Waals surface area contributed by atoms with Crippen molar-refractivity contribution in [3.63, 3.8) is 0 Å². The van der Waals surface area contributed by atoms with Crippen LogP contribution in [0.25, 0.3) is 10.9 Å². The number of nitrogens with one attached hydrogen (secondary N) is 1. The number of carbonyl (C=O) groups excluding carboxylic acids is 1. The van der Waals surface area contributed by atoms with Crippen molar-refractivity contribution in [3.8, 4) is 0 Å². The molecule has 0 bridgehead atoms. The largest absolute Gasteiger partial charge is 0.351 e. The molecule has 0 aliphatic carbocycles. The first-order chi connectivity index (χ1) is 14.8. The summed E-state index contributed by atoms with van der Waals surface area (Å²) in [5.41, 5.74) is 6.51. The highest BCUT2D eigenvalue weighted by Crippen LogP contribution is 2.38. The average molecular weight is 458 g/mol. The van der Waals surface area contributed by atoms with Crippen LogP contribution in [0, 0.1) is 5.82 Å². The van der Waals surface area contributed by atoms with Gasteiger partial charge in [0.2, 0.25) is 9.84 Å². The molecule has 158 valence electrons. The summed E-state index contributed by atoms with van der Waals surface area (Å²) < 4.78 is 40.8. The number of amides is 2. The monoisotopic (exact) mass is 457 g/mol. The van der Waals surface area contributed by atoms with Crippen LogP contribution in [-0.4, -0.2) is 19.4 Å². The Morgan fingerprint density at radius 3 is 2.45 bits per heavy atom. The van der Waals surface area contributed by atoms with Crippen molar-refractivity contribution < 1.29 is 17.6 Å². The van der Waals surface area contributed by atoms with Crippen molar-refractivity contribution in [2.24, 2.45) is 5.73 Å². The number of rotatable bonds is 5. The maximum atomic E-state index is 13.7. The van der Waals surface area contributed by atoms with Crippen LogP contribution in [0.4, 0.5) is 15.0 Å². The van der Waals surface area contributed by atoms with Gasteiger partial charge in [0.15, 0.2) is 0 Å². The molecule has 9 heteroatoms. The Morgan fingerprint density at radius 2 is 1.77 bits per heavy atom. The van der Waals surface area contributed by atoms with Crippen molar-refractivity contribution in [2.75, 3.05) is 4.90 Å². The first-order valence-corrected chi connectivity index (χ1v) is 11.1. The lowest BCUT2D eigenvalue weighted by molar-refractivity contribution is 0.253. The van der Waals surface area contributed by atoms with E-state index in [4.69, 9.17) is 17.3 Å². The summed E-state index contributed by atoms with van der Waals surface area (Å²) in [5, 5.41) is 0.648. The fraction of sp³-hybridized carbons (Fsp3) is 0.0455. The molecule has 4 aromatic rings. The number of fused-ring (bicyclic) bond motifs is 1. The molecule has 0 unspecified atom stereocenters. The van der Waals surface area contributed by atoms with Crippen LogP contribution >= 0.6 is 11.6 Å². The minimum Gasteiger partial charge on any atom is -0.351 e. The molecule has 0 radical (unpaired) electrons. The van der Waals surface area contributed by atoms with Gasteiger partial charge in [0.25, 0.3) is 0 Å². The van der Waals surface area contributed by atoms with Crippen LogP contribution in [-0.2, 0) is 16.4 Å². The van der Waals surface area contributed by atoms with Gasteiger partial charge in [-0.15, -0.1) is 0 Å². The molecule has 1 heterocycles. The predicted molar refractivity (Wildman–Crippen MR) is 117 cm³/mol. The standard InChI is InChI=1S/C22H17ClFN3O3S/c23-15-9-10-19-18(12-15)20(31(29,30)17-7-2-1-3-8-17)21(26-19)27(22(25)28)13-14-5-4-6-16(24)11-14/h1-12,26H,13H2,(H2,25,28). The molecule has 0 saturated heterocycles. The molecule has 2 amide bonds. The smallest absolute Gasteiger partial charge is 0.320 e. The summed E-state index contributed by atoms with van der Waals surface area (Å²) >= 11 is 6.13. The van der Waals surface area contributed by atoms with E-state index in [0.29, 0.717) is 21.5 Å². The number of aromatic nitrogens is 1. The zero-order valence-corrected chi connectivity index (χ0v) is 17.6. The van der Waals surface area contributed by atoms with E-state index >= 15 is 0 Å². The summed E-state index contributed by atoms with van der Waals surface area (Å²) in [6.45, 7) is -0.134. The van der Waals surface area contributed by atoms with Gasteiger partial charge in [-0.3, -0.25) is 4.90 Å². The van der Waals surface area contributed by atoms with Gasteiger partial charge in [0.1, 0.15) is 16.5 Å². The van der Waals surface area contributed by atoms with E-state index in [1.54, 1.807) is 36.4 Å². The number of hydrogen-bond donors (Lipinski definition) is 2. The van der Waals surface area contributed by atoms with Gasteiger partial charge in [-0.2, -0.15) is 0 Å². The highest BCUT2D eigenvalue weighted by molar-refractivity contribution is 7.92. The lowest BCUT2D eigenvalue weighted by Crippen LogP contribution is -2.36. The number of urea groups is 1. The molecule has 0 aliphatic rings. The van der Waals surface area contributed by atoms with Crippen molar-refractivity contribution in [1.82, 2.24) is 4.98 Å². The van der Waals surface area contributed by atoms with Gasteiger partial charge in [0.05, 0.1) is 11.4 Å². The number of benzene rings is 3. The zero-order valence-electron chi connectivity index (χ0n) is 16.0. The average Bonchev–Trinajstić information content (AvgIpc) is 3.11. The predicted octanol–water partition coefficient (Wildman–Crippen LogP) is 4.88. The second kappa shape index (κ2) is 8.05. The summed E-state index contributed by atoms with van der Waals surface area (Å²) in [6.07, 6.45) is 0. The molecule has 3 aromatic carbocycles. The summed E-state index contributed by atoms with van der Waals surface area (Å²) in [6, 6.07) is 17.3. The normalized spacial score (nSPS) is 11.5. The fourth-order valence-corrected chi connectivity index (χ4v) is 5.19. The topological polar surface area (TPSA) is 96.3 Å². The third-order valence-electron chi connectivity index (χ3n) is 4.78. The van der Waals surface area contributed by atoms with Crippen LogP contribution in [0.3, 0.4) is 0 Å². The number of aromatic amines is 1. The highest BCUT2D eigenvalue weighted by atomic mass is 35.5. The Balaban J connectivity index is 1.96. The molecule has 0 saturated carbocycles. The molecule has 4 rings (SSSR count). The van der Waals surface area contributed by atoms with Crippen molar-refractivity contribution in [1.29, 1.82) is 0 Å². The van der Waals surface area contributed by atoms with E-state index in [-0.39, 0.29) is 22.2 Å². The maximum absolute atomic E-state index is 13.7. The Kier molecular flexibility index (Phi) is 5.43. The third kappa shape index (κ3) is 3.99. The molecule has 1 aromatic heterocycles. The number of sulfone groups is 1. The molecule has 0 aliphatic heterocycles. The quantitative estimate of drug-likeness (QED) is 0.447. The lowest BCUT2D eigenvalue weighted by atomic mass is 10.2. The number of nitrogens with two attached hydrogens (primary N) is 1. The number of halogens is 2. The number of anilines is 1. The molecule has 0 atom stereocenters. The van der Waals surface area contributed by atoms with Crippen molar-refractivity contribution >= 4 is 44.2 Å². The van der Waals surface area contributed by atoms with E-state index < -0.39 is 21.7 Å². The minimum absolute atomic E-state index is 0.0159. The van der Waals surface area contributed by atoms with Crippen molar-refractivity contribution in [2.45, 2.75) is 16.3 Å². The van der Waals surface area contributed by atoms with E-state index in [2.05, 4.69) is 4.98 Å². The first-order valence-electron chi connectivity index (χ1n) is 9.20. The van der Waals surface area contributed by atoms with Gasteiger partial charge < -0.3 is 10.7 Å². The van der Waals surface area contributed by atoms with E-state index in [9.17, 15) is 17.6 Å². The SMILES string of the molecule is NC(=O)N(Cc1cccc(F)c1)c1[nH]c2ccc(Cl)cc2c1S(=O)(=O)c1ccccc1. The summed E-state index contributed by atoms with van der Waals surface area (Å²) in [5.74, 6) is -0.500. The molecular formula is C22H17ClFN3O3S. The van der Waals surface area contributed by atoms with Gasteiger partial charge >= 0.3 is 6.03 Å².